The van der Waals surface area contributed by atoms with Gasteiger partial charge in [-0.1, -0.05) is 11.6 Å². The number of benzene rings is 1. The van der Waals surface area contributed by atoms with Crippen molar-refractivity contribution in [1.29, 1.82) is 0 Å². The molecule has 3 N–H and O–H groups in total. The van der Waals surface area contributed by atoms with Gasteiger partial charge in [0, 0.05) is 24.2 Å². The fourth-order valence-corrected chi connectivity index (χ4v) is 2.00. The standard InChI is InChI=1S/C14H19ClN2O4/c1-9(2)17(6-3-7-18)14(21)16-12-5-4-10(15)8-11(12)13(19)20/h4-5,8-9,18H,3,6-7H2,1-2H3,(H,16,21)(H,19,20). The van der Waals surface area contributed by atoms with Crippen LogP contribution in [0.5, 0.6) is 0 Å². The van der Waals surface area contributed by atoms with Gasteiger partial charge < -0.3 is 20.4 Å². The smallest absolute Gasteiger partial charge is 0.337 e. The molecule has 0 fully saturated rings. The number of hydrogen-bond donors (Lipinski definition) is 3. The number of aromatic carboxylic acids is 1. The number of carboxylic acid groups (broad SMARTS) is 1. The molecule has 7 heteroatoms. The van der Waals surface area contributed by atoms with Gasteiger partial charge in [0.25, 0.3) is 0 Å². The summed E-state index contributed by atoms with van der Waals surface area (Å²) in [6.45, 7) is 4.06. The van der Waals surface area contributed by atoms with Gasteiger partial charge in [0.05, 0.1) is 11.3 Å². The maximum absolute atomic E-state index is 12.2. The number of carboxylic acids is 1. The Labute approximate surface area is 128 Å². The van der Waals surface area contributed by atoms with Gasteiger partial charge >= 0.3 is 12.0 Å². The van der Waals surface area contributed by atoms with Gasteiger partial charge in [-0.3, -0.25) is 0 Å². The van der Waals surface area contributed by atoms with Crippen molar-refractivity contribution < 1.29 is 19.8 Å². The predicted molar refractivity (Wildman–Crippen MR) is 81.0 cm³/mol. The lowest BCUT2D eigenvalue weighted by Gasteiger charge is -2.27. The van der Waals surface area contributed by atoms with E-state index in [4.69, 9.17) is 21.8 Å². The third-order valence-corrected chi connectivity index (χ3v) is 3.13. The lowest BCUT2D eigenvalue weighted by atomic mass is 10.2. The van der Waals surface area contributed by atoms with E-state index in [9.17, 15) is 9.59 Å². The molecule has 6 nitrogen and oxygen atoms in total. The molecule has 0 saturated carbocycles. The molecule has 21 heavy (non-hydrogen) atoms. The molecule has 0 heterocycles. The molecule has 0 saturated heterocycles. The van der Waals surface area contributed by atoms with E-state index < -0.39 is 12.0 Å². The van der Waals surface area contributed by atoms with Crippen LogP contribution in [0.3, 0.4) is 0 Å². The highest BCUT2D eigenvalue weighted by molar-refractivity contribution is 6.31. The second-order valence-corrected chi connectivity index (χ2v) is 5.23. The maximum atomic E-state index is 12.2. The Bertz CT molecular complexity index is 520. The molecule has 1 rings (SSSR count). The number of amides is 2. The zero-order valence-corrected chi connectivity index (χ0v) is 12.7. The quantitative estimate of drug-likeness (QED) is 0.753. The number of carbonyl (C=O) groups is 2. The summed E-state index contributed by atoms with van der Waals surface area (Å²) in [5, 5.41) is 20.9. The fourth-order valence-electron chi connectivity index (χ4n) is 1.82. The van der Waals surface area contributed by atoms with E-state index >= 15 is 0 Å². The number of nitrogens with one attached hydrogen (secondary N) is 1. The molecule has 0 radical (unpaired) electrons. The first-order valence-corrected chi connectivity index (χ1v) is 6.96. The van der Waals surface area contributed by atoms with Crippen LogP contribution in [0.4, 0.5) is 10.5 Å². The number of carbonyl (C=O) groups excluding carboxylic acids is 1. The third kappa shape index (κ3) is 4.91. The van der Waals surface area contributed by atoms with Crippen LogP contribution in [0, 0.1) is 0 Å². The molecule has 0 aliphatic rings. The van der Waals surface area contributed by atoms with Crippen molar-refractivity contribution in [3.63, 3.8) is 0 Å². The van der Waals surface area contributed by atoms with Gasteiger partial charge in [0.2, 0.25) is 0 Å². The molecule has 0 aliphatic carbocycles. The fraction of sp³-hybridized carbons (Fsp3) is 0.429. The Balaban J connectivity index is 2.93. The first-order chi connectivity index (χ1) is 9.86. The molecular weight excluding hydrogens is 296 g/mol. The van der Waals surface area contributed by atoms with Gasteiger partial charge in [-0.25, -0.2) is 9.59 Å². The van der Waals surface area contributed by atoms with Crippen LogP contribution in [0.15, 0.2) is 18.2 Å². The number of nitrogens with zero attached hydrogens (tertiary/aromatic N) is 1. The van der Waals surface area contributed by atoms with Crippen LogP contribution in [0.1, 0.15) is 30.6 Å². The molecule has 0 aromatic heterocycles. The first-order valence-electron chi connectivity index (χ1n) is 6.58. The normalized spacial score (nSPS) is 10.5. The lowest BCUT2D eigenvalue weighted by molar-refractivity contribution is 0.0698. The van der Waals surface area contributed by atoms with Crippen molar-refractivity contribution in [2.75, 3.05) is 18.5 Å². The summed E-state index contributed by atoms with van der Waals surface area (Å²) in [4.78, 5) is 24.9. The minimum Gasteiger partial charge on any atom is -0.478 e. The summed E-state index contributed by atoms with van der Waals surface area (Å²) in [5.74, 6) is -1.17. The van der Waals surface area contributed by atoms with E-state index in [1.165, 1.54) is 23.1 Å². The van der Waals surface area contributed by atoms with Crippen LogP contribution in [-0.2, 0) is 0 Å². The number of urea groups is 1. The van der Waals surface area contributed by atoms with E-state index in [1.54, 1.807) is 0 Å². The Kier molecular flexibility index (Phi) is 6.45. The van der Waals surface area contributed by atoms with Crippen molar-refractivity contribution in [3.05, 3.63) is 28.8 Å². The molecule has 116 valence electrons. The largest absolute Gasteiger partial charge is 0.478 e. The molecular formula is C14H19ClN2O4. The van der Waals surface area contributed by atoms with Crippen molar-refractivity contribution in [3.8, 4) is 0 Å². The van der Waals surface area contributed by atoms with Crippen molar-refractivity contribution in [1.82, 2.24) is 4.90 Å². The number of rotatable bonds is 6. The predicted octanol–water partition coefficient (Wildman–Crippen LogP) is 2.66. The molecule has 0 unspecified atom stereocenters. The summed E-state index contributed by atoms with van der Waals surface area (Å²) in [7, 11) is 0. The molecule has 0 aliphatic heterocycles. The van der Waals surface area contributed by atoms with Crippen LogP contribution in [0.25, 0.3) is 0 Å². The number of anilines is 1. The number of hydrogen-bond acceptors (Lipinski definition) is 3. The summed E-state index contributed by atoms with van der Waals surface area (Å²) in [5.41, 5.74) is 0.119. The van der Waals surface area contributed by atoms with E-state index in [-0.39, 0.29) is 28.9 Å². The molecule has 0 atom stereocenters. The summed E-state index contributed by atoms with van der Waals surface area (Å²) in [6.07, 6.45) is 0.456. The Morgan fingerprint density at radius 3 is 2.57 bits per heavy atom. The van der Waals surface area contributed by atoms with Gasteiger partial charge in [0.15, 0.2) is 0 Å². The zero-order valence-electron chi connectivity index (χ0n) is 12.0. The third-order valence-electron chi connectivity index (χ3n) is 2.89. The van der Waals surface area contributed by atoms with Crippen LogP contribution < -0.4 is 5.32 Å². The molecule has 0 spiro atoms. The van der Waals surface area contributed by atoms with Crippen molar-refractivity contribution in [2.24, 2.45) is 0 Å². The molecule has 0 bridgehead atoms. The molecule has 2 amide bonds. The second kappa shape index (κ2) is 7.85. The topological polar surface area (TPSA) is 89.9 Å². The summed E-state index contributed by atoms with van der Waals surface area (Å²) < 4.78 is 0. The van der Waals surface area contributed by atoms with Gasteiger partial charge in [-0.2, -0.15) is 0 Å². The second-order valence-electron chi connectivity index (χ2n) is 4.79. The van der Waals surface area contributed by atoms with E-state index in [0.29, 0.717) is 13.0 Å². The number of halogens is 1. The highest BCUT2D eigenvalue weighted by Crippen LogP contribution is 2.21. The minimum atomic E-state index is -1.17. The monoisotopic (exact) mass is 314 g/mol. The number of aliphatic hydroxyl groups excluding tert-OH is 1. The van der Waals surface area contributed by atoms with Gasteiger partial charge in [-0.15, -0.1) is 0 Å². The highest BCUT2D eigenvalue weighted by Gasteiger charge is 2.19. The zero-order chi connectivity index (χ0) is 16.0. The molecule has 1 aromatic carbocycles. The van der Waals surface area contributed by atoms with E-state index in [2.05, 4.69) is 5.32 Å². The van der Waals surface area contributed by atoms with Gasteiger partial charge in [0.1, 0.15) is 0 Å². The summed E-state index contributed by atoms with van der Waals surface area (Å²) >= 11 is 5.76. The van der Waals surface area contributed by atoms with E-state index in [1.807, 2.05) is 13.8 Å². The average molecular weight is 315 g/mol. The number of aliphatic hydroxyl groups is 1. The molecule has 1 aromatic rings. The highest BCUT2D eigenvalue weighted by atomic mass is 35.5. The SMILES string of the molecule is CC(C)N(CCCO)C(=O)Nc1ccc(Cl)cc1C(=O)O. The van der Waals surface area contributed by atoms with Crippen LogP contribution >= 0.6 is 11.6 Å². The minimum absolute atomic E-state index is 0.0161. The summed E-state index contributed by atoms with van der Waals surface area (Å²) in [6, 6.07) is 3.76. The van der Waals surface area contributed by atoms with Crippen molar-refractivity contribution >= 4 is 29.3 Å². The lowest BCUT2D eigenvalue weighted by Crippen LogP contribution is -2.41. The first kappa shape index (κ1) is 17.3. The Morgan fingerprint density at radius 2 is 2.05 bits per heavy atom. The van der Waals surface area contributed by atoms with Crippen LogP contribution in [0.2, 0.25) is 5.02 Å². The van der Waals surface area contributed by atoms with E-state index in [0.717, 1.165) is 0 Å². The Morgan fingerprint density at radius 1 is 1.38 bits per heavy atom. The van der Waals surface area contributed by atoms with Crippen LogP contribution in [-0.4, -0.2) is 46.3 Å². The van der Waals surface area contributed by atoms with Gasteiger partial charge in [-0.05, 0) is 38.5 Å². The maximum Gasteiger partial charge on any atom is 0.337 e. The Hall–Kier alpha value is -1.79. The van der Waals surface area contributed by atoms with Crippen molar-refractivity contribution in [2.45, 2.75) is 26.3 Å². The average Bonchev–Trinajstić information content (AvgIpc) is 2.40.